The molecule has 28 heavy (non-hydrogen) atoms. The fourth-order valence-electron chi connectivity index (χ4n) is 2.32. The van der Waals surface area contributed by atoms with E-state index >= 15 is 0 Å². The number of carbonyl (C=O) groups is 3. The number of urea groups is 1. The number of ether oxygens (including phenoxy) is 1. The van der Waals surface area contributed by atoms with Gasteiger partial charge in [-0.3, -0.25) is 10.1 Å². The number of anilines is 1. The molecule has 0 aliphatic heterocycles. The van der Waals surface area contributed by atoms with E-state index in [1.165, 1.54) is 36.4 Å². The maximum absolute atomic E-state index is 12.1. The molecule has 2 aromatic carbocycles. The number of nitrogens with one attached hydrogen (secondary N) is 2. The fourth-order valence-corrected chi connectivity index (χ4v) is 2.32. The SMILES string of the molecule is CC(C)OC(=O)c1ccc(NC(=O)NC(=O)[C@@H](N)Cc2ccc(O)cc2)cc1. The molecule has 5 N–H and O–H groups in total. The second-order valence-corrected chi connectivity index (χ2v) is 6.45. The molecule has 1 atom stereocenters. The van der Waals surface area contributed by atoms with Crippen LogP contribution < -0.4 is 16.4 Å². The summed E-state index contributed by atoms with van der Waals surface area (Å²) in [6.45, 7) is 3.50. The Kier molecular flexibility index (Phi) is 7.11. The van der Waals surface area contributed by atoms with E-state index in [2.05, 4.69) is 10.6 Å². The Labute approximate surface area is 162 Å². The van der Waals surface area contributed by atoms with Gasteiger partial charge in [0, 0.05) is 5.69 Å². The van der Waals surface area contributed by atoms with Crippen molar-refractivity contribution in [2.45, 2.75) is 32.4 Å². The summed E-state index contributed by atoms with van der Waals surface area (Å²) in [5, 5.41) is 13.9. The van der Waals surface area contributed by atoms with Crippen molar-refractivity contribution in [3.8, 4) is 5.75 Å². The number of rotatable bonds is 6. The van der Waals surface area contributed by atoms with Crippen molar-refractivity contribution in [3.63, 3.8) is 0 Å². The van der Waals surface area contributed by atoms with Gasteiger partial charge in [-0.15, -0.1) is 0 Å². The van der Waals surface area contributed by atoms with E-state index < -0.39 is 23.9 Å². The van der Waals surface area contributed by atoms with Gasteiger partial charge in [-0.1, -0.05) is 12.1 Å². The van der Waals surface area contributed by atoms with Gasteiger partial charge in [0.15, 0.2) is 0 Å². The average molecular weight is 385 g/mol. The van der Waals surface area contributed by atoms with Crippen LogP contribution in [0.3, 0.4) is 0 Å². The number of esters is 1. The van der Waals surface area contributed by atoms with Crippen LogP contribution in [0.4, 0.5) is 10.5 Å². The van der Waals surface area contributed by atoms with E-state index in [9.17, 15) is 19.5 Å². The molecule has 2 aromatic rings. The zero-order valence-electron chi connectivity index (χ0n) is 15.6. The summed E-state index contributed by atoms with van der Waals surface area (Å²) in [4.78, 5) is 35.8. The van der Waals surface area contributed by atoms with Crippen molar-refractivity contribution >= 4 is 23.6 Å². The van der Waals surface area contributed by atoms with E-state index in [0.717, 1.165) is 5.56 Å². The first kappa shape index (κ1) is 20.9. The van der Waals surface area contributed by atoms with Crippen molar-refractivity contribution in [2.24, 2.45) is 5.73 Å². The molecule has 2 rings (SSSR count). The summed E-state index contributed by atoms with van der Waals surface area (Å²) >= 11 is 0. The van der Waals surface area contributed by atoms with E-state index in [0.29, 0.717) is 11.3 Å². The highest BCUT2D eigenvalue weighted by Gasteiger charge is 2.17. The van der Waals surface area contributed by atoms with Crippen LogP contribution in [0.15, 0.2) is 48.5 Å². The molecule has 0 unspecified atom stereocenters. The molecule has 0 radical (unpaired) electrons. The van der Waals surface area contributed by atoms with Crippen LogP contribution in [0, 0.1) is 0 Å². The molecule has 8 heteroatoms. The molecule has 0 saturated carbocycles. The highest BCUT2D eigenvalue weighted by molar-refractivity contribution is 6.03. The third kappa shape index (κ3) is 6.40. The van der Waals surface area contributed by atoms with Gasteiger partial charge in [0.2, 0.25) is 5.91 Å². The lowest BCUT2D eigenvalue weighted by atomic mass is 10.1. The van der Waals surface area contributed by atoms with Crippen molar-refractivity contribution in [3.05, 3.63) is 59.7 Å². The molecule has 8 nitrogen and oxygen atoms in total. The maximum Gasteiger partial charge on any atom is 0.338 e. The number of phenolic OH excluding ortho intramolecular Hbond substituents is 1. The number of hydrogen-bond donors (Lipinski definition) is 4. The lowest BCUT2D eigenvalue weighted by Crippen LogP contribution is -2.46. The Balaban J connectivity index is 1.86. The summed E-state index contributed by atoms with van der Waals surface area (Å²) in [6.07, 6.45) is -0.0145. The smallest absolute Gasteiger partial charge is 0.338 e. The first-order valence-electron chi connectivity index (χ1n) is 8.71. The monoisotopic (exact) mass is 385 g/mol. The van der Waals surface area contributed by atoms with E-state index in [1.54, 1.807) is 26.0 Å². The van der Waals surface area contributed by atoms with Gasteiger partial charge in [0.1, 0.15) is 5.75 Å². The number of imide groups is 1. The van der Waals surface area contributed by atoms with Crippen molar-refractivity contribution in [1.82, 2.24) is 5.32 Å². The molecule has 0 aliphatic carbocycles. The van der Waals surface area contributed by atoms with Gasteiger partial charge in [-0.05, 0) is 62.2 Å². The molecule has 0 aromatic heterocycles. The normalized spacial score (nSPS) is 11.6. The molecule has 0 bridgehead atoms. The van der Waals surface area contributed by atoms with Crippen LogP contribution in [0.1, 0.15) is 29.8 Å². The van der Waals surface area contributed by atoms with Crippen LogP contribution >= 0.6 is 0 Å². The predicted octanol–water partition coefficient (Wildman–Crippen LogP) is 2.18. The number of hydrogen-bond acceptors (Lipinski definition) is 6. The third-order valence-corrected chi connectivity index (χ3v) is 3.69. The fraction of sp³-hybridized carbons (Fsp3) is 0.250. The molecular weight excluding hydrogens is 362 g/mol. The zero-order chi connectivity index (χ0) is 20.7. The van der Waals surface area contributed by atoms with Gasteiger partial charge in [0.05, 0.1) is 17.7 Å². The molecule has 148 valence electrons. The Morgan fingerprint density at radius 1 is 1.04 bits per heavy atom. The Hall–Kier alpha value is -3.39. The summed E-state index contributed by atoms with van der Waals surface area (Å²) in [5.74, 6) is -0.978. The standard InChI is InChI=1S/C20H23N3O5/c1-12(2)28-19(26)14-5-7-15(8-6-14)22-20(27)23-18(25)17(21)11-13-3-9-16(24)10-4-13/h3-10,12,17,24H,11,21H2,1-2H3,(H2,22,23,25,27)/t17-/m0/s1. The Morgan fingerprint density at radius 3 is 2.21 bits per heavy atom. The van der Waals surface area contributed by atoms with Crippen LogP contribution in [-0.4, -0.2) is 35.2 Å². The maximum atomic E-state index is 12.1. The second-order valence-electron chi connectivity index (χ2n) is 6.45. The molecule has 3 amide bonds. The Bertz CT molecular complexity index is 832. The van der Waals surface area contributed by atoms with Crippen molar-refractivity contribution in [2.75, 3.05) is 5.32 Å². The van der Waals surface area contributed by atoms with E-state index in [1.807, 2.05) is 0 Å². The number of nitrogens with two attached hydrogens (primary N) is 1. The summed E-state index contributed by atoms with van der Waals surface area (Å²) in [6, 6.07) is 10.7. The second kappa shape index (κ2) is 9.52. The highest BCUT2D eigenvalue weighted by Crippen LogP contribution is 2.12. The van der Waals surface area contributed by atoms with Crippen LogP contribution in [0.25, 0.3) is 0 Å². The zero-order valence-corrected chi connectivity index (χ0v) is 15.6. The van der Waals surface area contributed by atoms with Gasteiger partial charge >= 0.3 is 12.0 Å². The molecule has 0 aliphatic rings. The van der Waals surface area contributed by atoms with E-state index in [-0.39, 0.29) is 18.3 Å². The van der Waals surface area contributed by atoms with Crippen LogP contribution in [0.5, 0.6) is 5.75 Å². The number of benzene rings is 2. The van der Waals surface area contributed by atoms with Crippen LogP contribution in [0.2, 0.25) is 0 Å². The third-order valence-electron chi connectivity index (χ3n) is 3.69. The van der Waals surface area contributed by atoms with Crippen molar-refractivity contribution in [1.29, 1.82) is 0 Å². The number of carbonyl (C=O) groups excluding carboxylic acids is 3. The van der Waals surface area contributed by atoms with Crippen molar-refractivity contribution < 1.29 is 24.2 Å². The molecule has 0 spiro atoms. The first-order valence-corrected chi connectivity index (χ1v) is 8.71. The lowest BCUT2D eigenvalue weighted by Gasteiger charge is -2.13. The quantitative estimate of drug-likeness (QED) is 0.564. The lowest BCUT2D eigenvalue weighted by molar-refractivity contribution is -0.121. The Morgan fingerprint density at radius 2 is 1.64 bits per heavy atom. The van der Waals surface area contributed by atoms with Crippen LogP contribution in [-0.2, 0) is 16.0 Å². The minimum absolute atomic E-state index is 0.115. The van der Waals surface area contributed by atoms with E-state index in [4.69, 9.17) is 10.5 Å². The minimum atomic E-state index is -0.927. The topological polar surface area (TPSA) is 131 Å². The number of phenols is 1. The largest absolute Gasteiger partial charge is 0.508 e. The van der Waals surface area contributed by atoms with Gasteiger partial charge in [0.25, 0.3) is 0 Å². The highest BCUT2D eigenvalue weighted by atomic mass is 16.5. The predicted molar refractivity (Wildman–Crippen MR) is 104 cm³/mol. The first-order chi connectivity index (χ1) is 13.2. The molecule has 0 fully saturated rings. The summed E-state index contributed by atoms with van der Waals surface area (Å²) in [5.41, 5.74) is 7.33. The average Bonchev–Trinajstić information content (AvgIpc) is 2.63. The number of amides is 3. The number of aromatic hydroxyl groups is 1. The summed E-state index contributed by atoms with van der Waals surface area (Å²) in [7, 11) is 0. The molecule has 0 heterocycles. The minimum Gasteiger partial charge on any atom is -0.508 e. The van der Waals surface area contributed by atoms with Gasteiger partial charge in [-0.25, -0.2) is 9.59 Å². The van der Waals surface area contributed by atoms with Gasteiger partial charge < -0.3 is 20.9 Å². The van der Waals surface area contributed by atoms with Gasteiger partial charge in [-0.2, -0.15) is 0 Å². The molecular formula is C20H23N3O5. The molecule has 0 saturated heterocycles. The summed E-state index contributed by atoms with van der Waals surface area (Å²) < 4.78 is 5.08.